The van der Waals surface area contributed by atoms with Crippen molar-refractivity contribution in [1.29, 1.82) is 0 Å². The third-order valence-electron chi connectivity index (χ3n) is 14.8. The van der Waals surface area contributed by atoms with Crippen molar-refractivity contribution < 1.29 is 30.9 Å². The molecule has 0 saturated carbocycles. The number of imidazole rings is 1. The van der Waals surface area contributed by atoms with E-state index in [4.69, 9.17) is 18.9 Å². The molecule has 0 fully saturated rings. The summed E-state index contributed by atoms with van der Waals surface area (Å²) in [7, 11) is 0. The Bertz CT molecular complexity index is 3990. The van der Waals surface area contributed by atoms with Crippen LogP contribution in [0.15, 0.2) is 133 Å². The van der Waals surface area contributed by atoms with Crippen molar-refractivity contribution in [2.24, 2.45) is 5.92 Å². The molecule has 9 heteroatoms. The van der Waals surface area contributed by atoms with Gasteiger partial charge in [-0.1, -0.05) is 34.6 Å². The predicted molar refractivity (Wildman–Crippen MR) is 314 cm³/mol. The summed E-state index contributed by atoms with van der Waals surface area (Å²) in [5, 5.41) is 5.16. The van der Waals surface area contributed by atoms with Gasteiger partial charge in [0.05, 0.1) is 5.69 Å². The zero-order chi connectivity index (χ0) is 58.7. The van der Waals surface area contributed by atoms with E-state index < -0.39 is 11.5 Å². The van der Waals surface area contributed by atoms with Crippen LogP contribution in [0.1, 0.15) is 137 Å². The van der Waals surface area contributed by atoms with Crippen LogP contribution in [0.5, 0.6) is 11.5 Å². The fourth-order valence-corrected chi connectivity index (χ4v) is 11.4. The molecule has 6 aromatic carbocycles. The number of para-hydroxylation sites is 2. The number of aryl methyl sites for hydroxylation is 1. The minimum atomic E-state index is -0.437. The molecule has 7 nitrogen and oxygen atoms in total. The molecule has 9 aromatic rings. The molecular weight excluding hydrogens is 1110 g/mol. The van der Waals surface area contributed by atoms with Gasteiger partial charge in [-0.15, -0.1) is 0 Å². The number of nitrogens with zero attached hydrogens (tertiary/aromatic N) is 6. The molecule has 0 spiro atoms. The second-order valence-corrected chi connectivity index (χ2v) is 26.1. The predicted octanol–water partition coefficient (Wildman–Crippen LogP) is 17.4. The molecule has 76 heavy (non-hydrogen) atoms. The van der Waals surface area contributed by atoms with Crippen LogP contribution in [-0.2, 0) is 41.0 Å². The molecule has 0 atom stereocenters. The standard InChI is InChI=1S/C67H73BN6O.Pt/c1-43(2)41-68-73(61-38-48(31-32-69-61)64(5,6)7)60-40-54(29-30-55(60)62-44(3)45(4)70-74(62)68)75-53-26-22-25-52(39-53)71-42-72(59-28-21-20-27-58(59)71)63-56(46-23-18-17-19-24-46)36-51(67(14,15)16)37-57(63)47-33-49(65(8,9)10)35-50(34-47)66(11,12)13;/h17-38,43H,41H2,1-16H3;/q-2;/i17D,18D,19D,23D,24D;. The molecule has 3 aromatic heterocycles. The van der Waals surface area contributed by atoms with E-state index in [-0.39, 0.29) is 53.0 Å². The van der Waals surface area contributed by atoms with Gasteiger partial charge < -0.3 is 0 Å². The van der Waals surface area contributed by atoms with Crippen LogP contribution in [0.3, 0.4) is 0 Å². The van der Waals surface area contributed by atoms with Crippen LogP contribution in [0, 0.1) is 35.7 Å². The van der Waals surface area contributed by atoms with Crippen LogP contribution >= 0.6 is 0 Å². The Balaban J connectivity index is 1.20. The Morgan fingerprint density at radius 3 is 1.84 bits per heavy atom. The zero-order valence-corrected chi connectivity index (χ0v) is 49.4. The van der Waals surface area contributed by atoms with E-state index in [9.17, 15) is 2.74 Å². The third-order valence-corrected chi connectivity index (χ3v) is 15.8. The first-order valence-electron chi connectivity index (χ1n) is 29.0. The number of rotatable bonds is 9. The average Bonchev–Trinajstić information content (AvgIpc) is 3.71. The van der Waals surface area contributed by atoms with E-state index in [1.807, 2.05) is 48.7 Å². The second-order valence-electron chi connectivity index (χ2n) is 25.1. The third kappa shape index (κ3) is 9.92. The van der Waals surface area contributed by atoms with E-state index in [0.29, 0.717) is 34.4 Å². The molecule has 0 aliphatic carbocycles. The van der Waals surface area contributed by atoms with Gasteiger partial charge in [-0.25, -0.2) is 0 Å². The van der Waals surface area contributed by atoms with Gasteiger partial charge in [-0.05, 0) is 36.8 Å². The Kier molecular flexibility index (Phi) is 12.0. The monoisotopic (exact) mass is 1190 g/mol. The van der Waals surface area contributed by atoms with E-state index in [0.717, 1.165) is 83.0 Å². The maximum absolute atomic E-state index is 9.53. The Morgan fingerprint density at radius 2 is 1.22 bits per heavy atom. The molecule has 1 aliphatic rings. The maximum atomic E-state index is 9.53. The number of hydrogen-bond acceptors (Lipinski definition) is 4. The van der Waals surface area contributed by atoms with Gasteiger partial charge in [0.25, 0.3) is 0 Å². The first-order chi connectivity index (χ1) is 37.8. The fourth-order valence-electron chi connectivity index (χ4n) is 10.3. The van der Waals surface area contributed by atoms with Crippen molar-refractivity contribution in [3.8, 4) is 56.4 Å². The molecule has 392 valence electrons. The van der Waals surface area contributed by atoms with Gasteiger partial charge in [0, 0.05) is 6.20 Å². The molecule has 0 amide bonds. The van der Waals surface area contributed by atoms with Crippen molar-refractivity contribution in [3.05, 3.63) is 183 Å². The SMILES string of the molecule is [2H]c1c([2H])c([2H])c(-c2cc(C(C)(C)C)cc(-c3cc(C(C)(C)C)cc(C(C)(C)C)c3)c2-n2[c](=[Pt])n(-c3[c-]c(Oc4[c-]c5c(cc4)-c4c(C)c(C)nn4B(CC(C)C)N5c4cc(C(C)(C)C)ccn4)ccc3)c3ccccc32)c([2H])c1[2H]. The minimum absolute atomic E-state index is 0.106. The Labute approximate surface area is 470 Å². The topological polar surface area (TPSA) is 53.0 Å². The van der Waals surface area contributed by atoms with Gasteiger partial charge in [0.15, 0.2) is 0 Å². The number of hydrogen-bond donors (Lipinski definition) is 0. The van der Waals surface area contributed by atoms with Crippen molar-refractivity contribution in [2.45, 2.75) is 139 Å². The summed E-state index contributed by atoms with van der Waals surface area (Å²) in [6.45, 7) is 35.0. The number of benzene rings is 6. The van der Waals surface area contributed by atoms with E-state index in [1.165, 1.54) is 5.56 Å². The number of fused-ring (bicyclic) bond motifs is 4. The first-order valence-corrected chi connectivity index (χ1v) is 27.7. The van der Waals surface area contributed by atoms with Crippen molar-refractivity contribution in [1.82, 2.24) is 23.8 Å². The molecular formula is C67H73BN6OPt-2. The summed E-state index contributed by atoms with van der Waals surface area (Å²) in [6, 6.07) is 39.3. The van der Waals surface area contributed by atoms with E-state index in [2.05, 4.69) is 215 Å². The van der Waals surface area contributed by atoms with Crippen molar-refractivity contribution in [2.75, 3.05) is 4.81 Å². The summed E-state index contributed by atoms with van der Waals surface area (Å²) in [4.78, 5) is 7.31. The molecule has 0 bridgehead atoms. The summed E-state index contributed by atoms with van der Waals surface area (Å²) in [6.07, 6.45) is 2.72. The number of anilines is 2. The van der Waals surface area contributed by atoms with Crippen molar-refractivity contribution in [3.63, 3.8) is 0 Å². The Morgan fingerprint density at radius 1 is 0.632 bits per heavy atom. The molecule has 4 heterocycles. The quantitative estimate of drug-likeness (QED) is 0.107. The van der Waals surface area contributed by atoms with Crippen LogP contribution < -0.4 is 9.55 Å². The van der Waals surface area contributed by atoms with Gasteiger partial charge in [-0.3, -0.25) is 0 Å². The average molecular weight is 1190 g/mol. The van der Waals surface area contributed by atoms with Crippen LogP contribution in [0.25, 0.3) is 55.9 Å². The summed E-state index contributed by atoms with van der Waals surface area (Å²) >= 11 is 2.38. The van der Waals surface area contributed by atoms with Gasteiger partial charge in [0.2, 0.25) is 0 Å². The summed E-state index contributed by atoms with van der Waals surface area (Å²) < 4.78 is 59.9. The first kappa shape index (κ1) is 46.8. The molecule has 0 saturated heterocycles. The number of ether oxygens (including phenoxy) is 1. The van der Waals surface area contributed by atoms with Gasteiger partial charge >= 0.3 is 385 Å². The second kappa shape index (κ2) is 19.5. The van der Waals surface area contributed by atoms with Crippen molar-refractivity contribution >= 4 is 29.5 Å². The van der Waals surface area contributed by atoms with Gasteiger partial charge in [-0.2, -0.15) is 5.10 Å². The zero-order valence-electron chi connectivity index (χ0n) is 52.1. The fraction of sp³-hybridized carbons (Fsp3) is 0.328. The number of aromatic nitrogens is 5. The molecule has 1 aliphatic heterocycles. The van der Waals surface area contributed by atoms with E-state index in [1.54, 1.807) is 0 Å². The molecule has 0 unspecified atom stereocenters. The van der Waals surface area contributed by atoms with Crippen LogP contribution in [-0.4, -0.2) is 30.8 Å². The summed E-state index contributed by atoms with van der Waals surface area (Å²) in [5.74, 6) is 2.17. The Hall–Kier alpha value is -6.50. The van der Waals surface area contributed by atoms with Crippen LogP contribution in [0.4, 0.5) is 11.5 Å². The normalized spacial score (nSPS) is 14.1. The van der Waals surface area contributed by atoms with E-state index >= 15 is 0 Å². The number of pyridine rings is 1. The van der Waals surface area contributed by atoms with Crippen LogP contribution in [0.2, 0.25) is 6.32 Å². The molecule has 0 N–H and O–H groups in total. The molecule has 10 rings (SSSR count). The van der Waals surface area contributed by atoms with Gasteiger partial charge in [0.1, 0.15) is 0 Å². The summed E-state index contributed by atoms with van der Waals surface area (Å²) in [5.41, 5.74) is 14.2. The molecule has 0 radical (unpaired) electrons.